The fraction of sp³-hybridized carbons (Fsp3) is 0.500. The SMILES string of the molecule is O=C(CCCCC(=O)NCc1cccc(-c2cccc([C@H]3O[C@@H](CN4CCC[C@H]4CN4CCCC4)C[C@@H](c4ccc(CO)cc4)O3)c2)c1)NO. The van der Waals surface area contributed by atoms with Gasteiger partial charge in [0.1, 0.15) is 0 Å². The molecule has 3 saturated heterocycles. The molecule has 3 fully saturated rings. The van der Waals surface area contributed by atoms with Crippen LogP contribution in [0.3, 0.4) is 0 Å². The van der Waals surface area contributed by atoms with E-state index in [0.717, 1.165) is 59.4 Å². The van der Waals surface area contributed by atoms with Gasteiger partial charge >= 0.3 is 0 Å². The third kappa shape index (κ3) is 9.99. The fourth-order valence-electron chi connectivity index (χ4n) is 7.54. The first-order valence-corrected chi connectivity index (χ1v) is 18.3. The van der Waals surface area contributed by atoms with Crippen LogP contribution in [0.15, 0.2) is 72.8 Å². The Labute approximate surface area is 295 Å². The van der Waals surface area contributed by atoms with Crippen LogP contribution in [0.1, 0.15) is 92.4 Å². The standard InChI is InChI=1S/C40H52N4O6/c45-28-29-15-17-31(18-16-29)37-24-36(27-44-21-7-12-35(44)26-43-19-3-4-20-43)49-40(50-37)34-11-6-10-33(23-34)32-9-5-8-30(22-32)25-41-38(46)13-1-2-14-39(47)42-48/h5-6,8-11,15-18,22-23,35-37,40,45,48H,1-4,7,12-14,19-21,24-28H2,(H,41,46)(H,42,47)/t35-,36+,37-,40-/m0/s1. The first-order chi connectivity index (χ1) is 24.5. The molecule has 0 spiro atoms. The van der Waals surface area contributed by atoms with Crippen molar-refractivity contribution in [2.45, 2.75) is 95.5 Å². The second kappa shape index (κ2) is 18.0. The summed E-state index contributed by atoms with van der Waals surface area (Å²) in [6, 6.07) is 25.2. The van der Waals surface area contributed by atoms with Crippen LogP contribution in [0.2, 0.25) is 0 Å². The number of rotatable bonds is 15. The highest BCUT2D eigenvalue weighted by molar-refractivity contribution is 5.76. The van der Waals surface area contributed by atoms with E-state index in [0.29, 0.717) is 31.8 Å². The maximum atomic E-state index is 12.4. The molecule has 10 heteroatoms. The van der Waals surface area contributed by atoms with Gasteiger partial charge in [-0.25, -0.2) is 5.48 Å². The van der Waals surface area contributed by atoms with Crippen molar-refractivity contribution in [3.63, 3.8) is 0 Å². The van der Waals surface area contributed by atoms with Gasteiger partial charge < -0.3 is 24.8 Å². The second-order valence-corrected chi connectivity index (χ2v) is 14.0. The van der Waals surface area contributed by atoms with E-state index in [1.165, 1.54) is 38.8 Å². The van der Waals surface area contributed by atoms with Crippen molar-refractivity contribution in [1.82, 2.24) is 20.6 Å². The van der Waals surface area contributed by atoms with Crippen molar-refractivity contribution in [2.24, 2.45) is 0 Å². The summed E-state index contributed by atoms with van der Waals surface area (Å²) in [6.07, 6.45) is 6.85. The van der Waals surface area contributed by atoms with Gasteiger partial charge in [0.05, 0.1) is 18.8 Å². The molecule has 6 rings (SSSR count). The zero-order chi connectivity index (χ0) is 34.7. The highest BCUT2D eigenvalue weighted by Gasteiger charge is 2.36. The van der Waals surface area contributed by atoms with Crippen LogP contribution in [-0.2, 0) is 32.2 Å². The number of hydroxylamine groups is 1. The number of aliphatic hydroxyl groups is 1. The van der Waals surface area contributed by atoms with Crippen LogP contribution in [0.4, 0.5) is 0 Å². The molecular formula is C40H52N4O6. The van der Waals surface area contributed by atoms with E-state index in [2.05, 4.69) is 57.6 Å². The highest BCUT2D eigenvalue weighted by atomic mass is 16.7. The second-order valence-electron chi connectivity index (χ2n) is 14.0. The van der Waals surface area contributed by atoms with E-state index in [1.807, 2.05) is 30.3 Å². The quantitative estimate of drug-likeness (QED) is 0.0923. The molecule has 3 aliphatic rings. The lowest BCUT2D eigenvalue weighted by atomic mass is 9.98. The first-order valence-electron chi connectivity index (χ1n) is 18.3. The van der Waals surface area contributed by atoms with E-state index in [-0.39, 0.29) is 31.1 Å². The third-order valence-electron chi connectivity index (χ3n) is 10.3. The summed E-state index contributed by atoms with van der Waals surface area (Å²) >= 11 is 0. The number of nitrogens with zero attached hydrogens (tertiary/aromatic N) is 2. The van der Waals surface area contributed by atoms with Crippen molar-refractivity contribution in [3.05, 3.63) is 95.1 Å². The van der Waals surface area contributed by atoms with Gasteiger partial charge in [0.15, 0.2) is 6.29 Å². The topological polar surface area (TPSA) is 124 Å². The summed E-state index contributed by atoms with van der Waals surface area (Å²) in [4.78, 5) is 28.8. The number of ether oxygens (including phenoxy) is 2. The largest absolute Gasteiger partial charge is 0.392 e. The molecule has 3 aromatic carbocycles. The summed E-state index contributed by atoms with van der Waals surface area (Å²) in [5, 5.41) is 21.2. The van der Waals surface area contributed by atoms with Gasteiger partial charge in [-0.05, 0) is 98.1 Å². The Hall–Kier alpha value is -3.64. The van der Waals surface area contributed by atoms with Crippen molar-refractivity contribution in [1.29, 1.82) is 0 Å². The Morgan fingerprint density at radius 3 is 2.28 bits per heavy atom. The number of carbonyl (C=O) groups excluding carboxylic acids is 2. The summed E-state index contributed by atoms with van der Waals surface area (Å²) in [5.41, 5.74) is 7.64. The molecule has 3 aliphatic heterocycles. The molecule has 50 heavy (non-hydrogen) atoms. The minimum absolute atomic E-state index is 0.0119. The number of unbranched alkanes of at least 4 members (excludes halogenated alkanes) is 1. The molecule has 0 bridgehead atoms. The Balaban J connectivity index is 1.13. The number of carbonyl (C=O) groups is 2. The summed E-state index contributed by atoms with van der Waals surface area (Å²) in [7, 11) is 0. The van der Waals surface area contributed by atoms with E-state index >= 15 is 0 Å². The van der Waals surface area contributed by atoms with Gasteiger partial charge in [-0.2, -0.15) is 0 Å². The Morgan fingerprint density at radius 2 is 1.52 bits per heavy atom. The average Bonchev–Trinajstić information content (AvgIpc) is 3.85. The van der Waals surface area contributed by atoms with Crippen LogP contribution < -0.4 is 10.8 Å². The van der Waals surface area contributed by atoms with Crippen LogP contribution in [0, 0.1) is 0 Å². The monoisotopic (exact) mass is 684 g/mol. The third-order valence-corrected chi connectivity index (χ3v) is 10.3. The highest BCUT2D eigenvalue weighted by Crippen LogP contribution is 2.39. The van der Waals surface area contributed by atoms with Gasteiger partial charge in [-0.3, -0.25) is 19.7 Å². The molecule has 10 nitrogen and oxygen atoms in total. The number of benzene rings is 3. The van der Waals surface area contributed by atoms with E-state index in [4.69, 9.17) is 14.7 Å². The minimum atomic E-state index is -0.526. The van der Waals surface area contributed by atoms with E-state index in [9.17, 15) is 14.7 Å². The summed E-state index contributed by atoms with van der Waals surface area (Å²) in [6.45, 7) is 6.00. The number of hydrogen-bond acceptors (Lipinski definition) is 8. The van der Waals surface area contributed by atoms with Crippen molar-refractivity contribution >= 4 is 11.8 Å². The van der Waals surface area contributed by atoms with Crippen molar-refractivity contribution < 1.29 is 29.4 Å². The number of nitrogens with one attached hydrogen (secondary N) is 2. The number of aliphatic hydroxyl groups excluding tert-OH is 1. The Kier molecular flexibility index (Phi) is 13.0. The van der Waals surface area contributed by atoms with Crippen LogP contribution in [-0.4, -0.2) is 76.8 Å². The molecule has 0 unspecified atom stereocenters. The average molecular weight is 685 g/mol. The minimum Gasteiger partial charge on any atom is -0.392 e. The molecule has 2 amide bonds. The molecular weight excluding hydrogens is 632 g/mol. The summed E-state index contributed by atoms with van der Waals surface area (Å²) < 4.78 is 13.5. The number of likely N-dealkylation sites (tertiary alicyclic amines) is 2. The zero-order valence-electron chi connectivity index (χ0n) is 29.0. The van der Waals surface area contributed by atoms with Gasteiger partial charge in [-0.1, -0.05) is 60.7 Å². The smallest absolute Gasteiger partial charge is 0.243 e. The van der Waals surface area contributed by atoms with Crippen molar-refractivity contribution in [2.75, 3.05) is 32.7 Å². The number of amides is 2. The molecule has 3 heterocycles. The molecule has 0 aliphatic carbocycles. The van der Waals surface area contributed by atoms with Gasteiger partial charge in [0, 0.05) is 50.5 Å². The molecule has 268 valence electrons. The number of hydrogen-bond donors (Lipinski definition) is 4. The lowest BCUT2D eigenvalue weighted by molar-refractivity contribution is -0.253. The predicted molar refractivity (Wildman–Crippen MR) is 191 cm³/mol. The zero-order valence-corrected chi connectivity index (χ0v) is 29.0. The Morgan fingerprint density at radius 1 is 0.780 bits per heavy atom. The van der Waals surface area contributed by atoms with Gasteiger partial charge in [0.25, 0.3) is 0 Å². The lowest BCUT2D eigenvalue weighted by Crippen LogP contribution is -2.45. The molecule has 0 aromatic heterocycles. The molecule has 3 aromatic rings. The fourth-order valence-corrected chi connectivity index (χ4v) is 7.54. The van der Waals surface area contributed by atoms with Crippen LogP contribution >= 0.6 is 0 Å². The maximum Gasteiger partial charge on any atom is 0.243 e. The van der Waals surface area contributed by atoms with Gasteiger partial charge in [-0.15, -0.1) is 0 Å². The normalized spacial score (nSPS) is 22.8. The molecule has 4 N–H and O–H groups in total. The molecule has 0 saturated carbocycles. The van der Waals surface area contributed by atoms with E-state index < -0.39 is 12.2 Å². The van der Waals surface area contributed by atoms with Crippen LogP contribution in [0.25, 0.3) is 11.1 Å². The first kappa shape index (κ1) is 36.2. The van der Waals surface area contributed by atoms with E-state index in [1.54, 1.807) is 5.48 Å². The lowest BCUT2D eigenvalue weighted by Gasteiger charge is -2.39. The predicted octanol–water partition coefficient (Wildman–Crippen LogP) is 5.63. The summed E-state index contributed by atoms with van der Waals surface area (Å²) in [5.74, 6) is -0.510. The van der Waals surface area contributed by atoms with Gasteiger partial charge in [0.2, 0.25) is 11.8 Å². The Bertz CT molecular complexity index is 1540. The van der Waals surface area contributed by atoms with Crippen LogP contribution in [0.5, 0.6) is 0 Å². The molecule has 4 atom stereocenters. The molecule has 0 radical (unpaired) electrons. The van der Waals surface area contributed by atoms with Crippen molar-refractivity contribution in [3.8, 4) is 11.1 Å². The maximum absolute atomic E-state index is 12.4.